The number of aromatic nitrogens is 4. The summed E-state index contributed by atoms with van der Waals surface area (Å²) in [7, 11) is -4.98. The van der Waals surface area contributed by atoms with Gasteiger partial charge in [0.2, 0.25) is 0 Å². The highest BCUT2D eigenvalue weighted by atomic mass is 31.2. The monoisotopic (exact) mass is 519 g/mol. The predicted molar refractivity (Wildman–Crippen MR) is 121 cm³/mol. The molecular weight excluding hydrogens is 495 g/mol. The van der Waals surface area contributed by atoms with E-state index < -0.39 is 51.3 Å². The zero-order valence-electron chi connectivity index (χ0n) is 19.1. The summed E-state index contributed by atoms with van der Waals surface area (Å²) in [4.78, 5) is 45.0. The van der Waals surface area contributed by atoms with Gasteiger partial charge in [0.25, 0.3) is 7.82 Å². The molecule has 4 heterocycles. The lowest BCUT2D eigenvalue weighted by molar-refractivity contribution is -0.224. The van der Waals surface area contributed by atoms with Crippen LogP contribution in [-0.2, 0) is 29.7 Å². The molecule has 15 heteroatoms. The van der Waals surface area contributed by atoms with Gasteiger partial charge in [-0.25, -0.2) is 19.7 Å². The number of nitrogens with one attached hydrogen (secondary N) is 2. The van der Waals surface area contributed by atoms with Crippen LogP contribution in [0.25, 0.3) is 11.2 Å². The molecule has 5 rings (SSSR count). The summed E-state index contributed by atoms with van der Waals surface area (Å²) in [6, 6.07) is 9.16. The number of benzene rings is 1. The van der Waals surface area contributed by atoms with Gasteiger partial charge in [-0.15, -0.1) is 0 Å². The standard InChI is InChI=1S/C21H25N6O8P/c1-2-22-21(28)26-18-15-19(24-10-23-18)27(11-25-15)20-17-16(13(33-20)9-32-36(29,30)31)34-14(35-17)8-12-6-4-3-5-7-12/h3-7,10-11,13-14,16-17,20H,2,8-9H2,1H3,(H2,29,30,31)(H2,22,23,24,26,28)/p-1/t13-,14?,16+,17?,20-/m1/s1. The van der Waals surface area contributed by atoms with Crippen molar-refractivity contribution in [1.82, 2.24) is 24.8 Å². The maximum absolute atomic E-state index is 12.0. The molecule has 0 spiro atoms. The topological polar surface area (TPSA) is 182 Å². The predicted octanol–water partition coefficient (Wildman–Crippen LogP) is 0.695. The summed E-state index contributed by atoms with van der Waals surface area (Å²) in [5.41, 5.74) is 1.67. The van der Waals surface area contributed by atoms with Crippen molar-refractivity contribution in [2.24, 2.45) is 0 Å². The van der Waals surface area contributed by atoms with Crippen molar-refractivity contribution in [3.05, 3.63) is 48.5 Å². The lowest BCUT2D eigenvalue weighted by Crippen LogP contribution is -2.32. The van der Waals surface area contributed by atoms with E-state index in [-0.39, 0.29) is 5.82 Å². The van der Waals surface area contributed by atoms with Crippen molar-refractivity contribution in [2.45, 2.75) is 44.2 Å². The van der Waals surface area contributed by atoms with Crippen molar-refractivity contribution in [2.75, 3.05) is 18.5 Å². The minimum atomic E-state index is -4.98. The van der Waals surface area contributed by atoms with Gasteiger partial charge >= 0.3 is 6.03 Å². The van der Waals surface area contributed by atoms with Gasteiger partial charge < -0.3 is 33.8 Å². The lowest BCUT2D eigenvalue weighted by Gasteiger charge is -2.23. The number of carbonyl (C=O) groups excluding carboxylic acids is 1. The molecule has 2 aliphatic rings. The molecule has 3 aromatic rings. The molecule has 1 aromatic carbocycles. The van der Waals surface area contributed by atoms with Crippen LogP contribution in [0, 0.1) is 0 Å². The largest absolute Gasteiger partial charge is 0.756 e. The third-order valence-electron chi connectivity index (χ3n) is 5.75. The van der Waals surface area contributed by atoms with E-state index in [1.54, 1.807) is 11.5 Å². The fourth-order valence-corrected chi connectivity index (χ4v) is 4.61. The van der Waals surface area contributed by atoms with E-state index in [4.69, 9.17) is 19.1 Å². The van der Waals surface area contributed by atoms with Crippen LogP contribution >= 0.6 is 7.82 Å². The van der Waals surface area contributed by atoms with E-state index >= 15 is 0 Å². The van der Waals surface area contributed by atoms with Crippen molar-refractivity contribution < 1.29 is 37.9 Å². The lowest BCUT2D eigenvalue weighted by atomic mass is 10.1. The number of urea groups is 1. The molecule has 0 radical (unpaired) electrons. The van der Waals surface area contributed by atoms with E-state index in [2.05, 4.69) is 30.1 Å². The first-order valence-corrected chi connectivity index (χ1v) is 12.7. The van der Waals surface area contributed by atoms with Crippen LogP contribution in [0.2, 0.25) is 0 Å². The van der Waals surface area contributed by atoms with Gasteiger partial charge in [0.05, 0.1) is 12.9 Å². The number of hydrogen-bond acceptors (Lipinski definition) is 10. The van der Waals surface area contributed by atoms with Crippen LogP contribution in [0.4, 0.5) is 10.6 Å². The second-order valence-electron chi connectivity index (χ2n) is 8.18. The first kappa shape index (κ1) is 24.7. The molecule has 2 aliphatic heterocycles. The maximum Gasteiger partial charge on any atom is 0.320 e. The smallest absolute Gasteiger partial charge is 0.320 e. The fraction of sp³-hybridized carbons (Fsp3) is 0.429. The van der Waals surface area contributed by atoms with E-state index in [0.29, 0.717) is 24.1 Å². The maximum atomic E-state index is 12.0. The van der Waals surface area contributed by atoms with Gasteiger partial charge in [-0.1, -0.05) is 30.3 Å². The highest BCUT2D eigenvalue weighted by Gasteiger charge is 2.54. The van der Waals surface area contributed by atoms with Crippen LogP contribution in [0.1, 0.15) is 18.7 Å². The fourth-order valence-electron chi connectivity index (χ4n) is 4.27. The summed E-state index contributed by atoms with van der Waals surface area (Å²) in [6.45, 7) is 1.75. The van der Waals surface area contributed by atoms with E-state index in [9.17, 15) is 14.3 Å². The number of rotatable bonds is 8. The van der Waals surface area contributed by atoms with Crippen LogP contribution in [0.5, 0.6) is 0 Å². The Labute approximate surface area is 205 Å². The SMILES string of the molecule is CCNC(=O)Nc1ncnc2c1ncn2[C@@H]1O[C@H](COP(=O)([O-])O)[C@@H]2OC(Cc3ccccc3)OC21. The number of amides is 2. The summed E-state index contributed by atoms with van der Waals surface area (Å²) in [5, 5.41) is 5.25. The summed E-state index contributed by atoms with van der Waals surface area (Å²) >= 11 is 0. The van der Waals surface area contributed by atoms with Crippen LogP contribution in [0.15, 0.2) is 43.0 Å². The number of carbonyl (C=O) groups is 1. The Bertz CT molecular complexity index is 1270. The van der Waals surface area contributed by atoms with Gasteiger partial charge in [-0.3, -0.25) is 14.4 Å². The molecule has 3 N–H and O–H groups in total. The zero-order valence-corrected chi connectivity index (χ0v) is 20.0. The average Bonchev–Trinajstić information content (AvgIpc) is 3.52. The van der Waals surface area contributed by atoms with Crippen LogP contribution in [0.3, 0.4) is 0 Å². The molecule has 3 unspecified atom stereocenters. The molecule has 36 heavy (non-hydrogen) atoms. The first-order chi connectivity index (χ1) is 17.3. The Hall–Kier alpha value is -2.97. The average molecular weight is 519 g/mol. The minimum absolute atomic E-state index is 0.206. The van der Waals surface area contributed by atoms with Crippen molar-refractivity contribution in [3.63, 3.8) is 0 Å². The molecule has 0 saturated carbocycles. The molecule has 0 bridgehead atoms. The number of nitrogens with zero attached hydrogens (tertiary/aromatic N) is 4. The Balaban J connectivity index is 1.41. The Morgan fingerprint density at radius 3 is 2.72 bits per heavy atom. The number of anilines is 1. The summed E-state index contributed by atoms with van der Waals surface area (Å²) in [5.74, 6) is 0.206. The molecular formula is C21H24N6O8P-. The molecule has 2 aromatic heterocycles. The molecule has 2 fully saturated rings. The number of imidazole rings is 1. The molecule has 6 atom stereocenters. The Morgan fingerprint density at radius 2 is 1.97 bits per heavy atom. The summed E-state index contributed by atoms with van der Waals surface area (Å²) < 4.78 is 35.7. The van der Waals surface area contributed by atoms with Crippen LogP contribution < -0.4 is 15.5 Å². The second-order valence-corrected chi connectivity index (χ2v) is 9.38. The number of phosphoric acid groups is 1. The number of hydrogen-bond donors (Lipinski definition) is 3. The normalized spacial score (nSPS) is 27.0. The summed E-state index contributed by atoms with van der Waals surface area (Å²) in [6.07, 6.45) is -0.462. The highest BCUT2D eigenvalue weighted by Crippen LogP contribution is 2.43. The number of ether oxygens (including phenoxy) is 3. The van der Waals surface area contributed by atoms with Crippen molar-refractivity contribution in [1.29, 1.82) is 0 Å². The van der Waals surface area contributed by atoms with Gasteiger partial charge in [0.15, 0.2) is 29.5 Å². The quantitative estimate of drug-likeness (QED) is 0.356. The van der Waals surface area contributed by atoms with E-state index in [0.717, 1.165) is 5.56 Å². The highest BCUT2D eigenvalue weighted by molar-refractivity contribution is 7.44. The van der Waals surface area contributed by atoms with Crippen molar-refractivity contribution >= 4 is 30.8 Å². The van der Waals surface area contributed by atoms with E-state index in [1.807, 2.05) is 30.3 Å². The van der Waals surface area contributed by atoms with Gasteiger partial charge in [-0.2, -0.15) is 0 Å². The molecule has 192 valence electrons. The van der Waals surface area contributed by atoms with E-state index in [1.165, 1.54) is 12.7 Å². The zero-order chi connectivity index (χ0) is 25.3. The molecule has 0 aliphatic carbocycles. The molecule has 2 amide bonds. The Kier molecular flexibility index (Phi) is 6.99. The first-order valence-electron chi connectivity index (χ1n) is 11.2. The minimum Gasteiger partial charge on any atom is -0.756 e. The number of phosphoric ester groups is 1. The third kappa shape index (κ3) is 5.25. The Morgan fingerprint density at radius 1 is 1.19 bits per heavy atom. The number of fused-ring (bicyclic) bond motifs is 2. The van der Waals surface area contributed by atoms with Gasteiger partial charge in [0.1, 0.15) is 24.6 Å². The molecule has 14 nitrogen and oxygen atoms in total. The third-order valence-corrected chi connectivity index (χ3v) is 6.23. The second kappa shape index (κ2) is 10.2. The van der Waals surface area contributed by atoms with Gasteiger partial charge in [0, 0.05) is 13.0 Å². The van der Waals surface area contributed by atoms with Crippen molar-refractivity contribution in [3.8, 4) is 0 Å². The van der Waals surface area contributed by atoms with Gasteiger partial charge in [-0.05, 0) is 12.5 Å². The van der Waals surface area contributed by atoms with Crippen LogP contribution in [-0.4, -0.2) is 68.2 Å². The molecule has 2 saturated heterocycles.